The van der Waals surface area contributed by atoms with Crippen LogP contribution in [-0.2, 0) is 20.0 Å². The highest BCUT2D eigenvalue weighted by molar-refractivity contribution is 7.89. The van der Waals surface area contributed by atoms with E-state index in [2.05, 4.69) is 15.8 Å². The summed E-state index contributed by atoms with van der Waals surface area (Å²) in [6.45, 7) is 3.87. The Bertz CT molecular complexity index is 1230. The van der Waals surface area contributed by atoms with Gasteiger partial charge in [-0.05, 0) is 35.4 Å². The highest BCUT2D eigenvalue weighted by Crippen LogP contribution is 2.40. The average Bonchev–Trinajstić information content (AvgIpc) is 3.17. The topological polar surface area (TPSA) is 131 Å². The molecule has 2 aliphatic heterocycles. The van der Waals surface area contributed by atoms with E-state index in [0.29, 0.717) is 74.6 Å². The zero-order valence-electron chi connectivity index (χ0n) is 17.9. The second kappa shape index (κ2) is 8.46. The molecule has 2 aromatic carbocycles. The molecule has 2 saturated heterocycles. The Balaban J connectivity index is 1.59. The van der Waals surface area contributed by atoms with Crippen molar-refractivity contribution in [2.45, 2.75) is 9.79 Å². The van der Waals surface area contributed by atoms with E-state index in [4.69, 9.17) is 0 Å². The number of oxime groups is 1. The normalized spacial score (nSPS) is 19.8. The zero-order valence-corrected chi connectivity index (χ0v) is 19.5. The van der Waals surface area contributed by atoms with E-state index < -0.39 is 20.0 Å². The summed E-state index contributed by atoms with van der Waals surface area (Å²) in [7, 11) is -7.42. The molecule has 0 radical (unpaired) electrons. The van der Waals surface area contributed by atoms with E-state index in [1.807, 2.05) is 0 Å². The molecule has 0 bridgehead atoms. The van der Waals surface area contributed by atoms with Gasteiger partial charge in [0, 0.05) is 63.5 Å². The Morgan fingerprint density at radius 3 is 1.42 bits per heavy atom. The van der Waals surface area contributed by atoms with Crippen LogP contribution in [0.15, 0.2) is 51.3 Å². The van der Waals surface area contributed by atoms with Gasteiger partial charge in [-0.15, -0.1) is 0 Å². The lowest BCUT2D eigenvalue weighted by molar-refractivity contribution is 0.320. The minimum atomic E-state index is -3.71. The molecule has 0 atom stereocenters. The molecule has 33 heavy (non-hydrogen) atoms. The summed E-state index contributed by atoms with van der Waals surface area (Å²) in [6.07, 6.45) is 0. The van der Waals surface area contributed by atoms with E-state index in [9.17, 15) is 22.0 Å². The molecule has 0 aromatic heterocycles. The molecular formula is C21H25N5O5S2. The largest absolute Gasteiger partial charge is 0.410 e. The molecule has 176 valence electrons. The van der Waals surface area contributed by atoms with Gasteiger partial charge in [0.2, 0.25) is 20.0 Å². The highest BCUT2D eigenvalue weighted by Gasteiger charge is 2.33. The van der Waals surface area contributed by atoms with Gasteiger partial charge < -0.3 is 15.8 Å². The molecule has 1 aliphatic carbocycles. The van der Waals surface area contributed by atoms with Gasteiger partial charge in [-0.3, -0.25) is 0 Å². The van der Waals surface area contributed by atoms with Gasteiger partial charge in [0.25, 0.3) is 0 Å². The number of hydrogen-bond acceptors (Lipinski definition) is 8. The number of piperazine rings is 2. The van der Waals surface area contributed by atoms with Crippen molar-refractivity contribution in [1.29, 1.82) is 0 Å². The van der Waals surface area contributed by atoms with E-state index >= 15 is 0 Å². The van der Waals surface area contributed by atoms with Crippen LogP contribution in [0.3, 0.4) is 0 Å². The fourth-order valence-electron chi connectivity index (χ4n) is 4.55. The minimum Gasteiger partial charge on any atom is -0.410 e. The number of nitrogens with one attached hydrogen (secondary N) is 2. The SMILES string of the molecule is O=S(=O)(c1ccc2c(c1)-c1cc(S(=O)(=O)N3CCNCC3)ccc1C2=NO)N1CCNCC1. The maximum atomic E-state index is 13.2. The van der Waals surface area contributed by atoms with Crippen LogP contribution in [-0.4, -0.2) is 88.7 Å². The van der Waals surface area contributed by atoms with Gasteiger partial charge in [-0.25, -0.2) is 16.8 Å². The third-order valence-electron chi connectivity index (χ3n) is 6.31. The second-order valence-corrected chi connectivity index (χ2v) is 12.0. The van der Waals surface area contributed by atoms with E-state index in [1.165, 1.54) is 20.7 Å². The first-order valence-electron chi connectivity index (χ1n) is 10.8. The van der Waals surface area contributed by atoms with Crippen molar-refractivity contribution < 1.29 is 22.0 Å². The summed E-state index contributed by atoms with van der Waals surface area (Å²) in [4.78, 5) is 0.257. The lowest BCUT2D eigenvalue weighted by atomic mass is 10.1. The fraction of sp³-hybridized carbons (Fsp3) is 0.381. The number of fused-ring (bicyclic) bond motifs is 3. The number of benzene rings is 2. The van der Waals surface area contributed by atoms with E-state index in [1.54, 1.807) is 24.3 Å². The van der Waals surface area contributed by atoms with Gasteiger partial charge in [0.15, 0.2) is 0 Å². The first kappa shape index (κ1) is 22.4. The van der Waals surface area contributed by atoms with Crippen LogP contribution in [0.1, 0.15) is 11.1 Å². The Hall–Kier alpha value is -2.35. The van der Waals surface area contributed by atoms with Crippen molar-refractivity contribution in [1.82, 2.24) is 19.2 Å². The molecular weight excluding hydrogens is 466 g/mol. The summed E-state index contributed by atoms with van der Waals surface area (Å²) in [6, 6.07) is 9.33. The van der Waals surface area contributed by atoms with Crippen LogP contribution in [0, 0.1) is 0 Å². The molecule has 12 heteroatoms. The van der Waals surface area contributed by atoms with E-state index in [-0.39, 0.29) is 15.5 Å². The van der Waals surface area contributed by atoms with Crippen LogP contribution < -0.4 is 10.6 Å². The van der Waals surface area contributed by atoms with Crippen LogP contribution in [0.25, 0.3) is 11.1 Å². The predicted octanol–water partition coefficient (Wildman–Crippen LogP) is 0.0814. The average molecular weight is 492 g/mol. The standard InChI is InChI=1S/C21H25N5O5S2/c27-24-21-17-3-1-15(32(28,29)25-9-5-22-6-10-25)13-19(17)20-14-16(2-4-18(20)21)33(30,31)26-11-7-23-8-12-26/h1-4,13-14,22-23,27H,5-12H2. The van der Waals surface area contributed by atoms with Crippen molar-refractivity contribution in [3.63, 3.8) is 0 Å². The number of hydrogen-bond donors (Lipinski definition) is 3. The Morgan fingerprint density at radius 2 is 1.06 bits per heavy atom. The smallest absolute Gasteiger partial charge is 0.243 e. The quantitative estimate of drug-likeness (QED) is 0.348. The number of rotatable bonds is 4. The van der Waals surface area contributed by atoms with E-state index in [0.717, 1.165) is 0 Å². The van der Waals surface area contributed by atoms with Gasteiger partial charge in [0.1, 0.15) is 5.71 Å². The van der Waals surface area contributed by atoms with Crippen molar-refractivity contribution in [3.05, 3.63) is 47.5 Å². The highest BCUT2D eigenvalue weighted by atomic mass is 32.2. The van der Waals surface area contributed by atoms with Gasteiger partial charge >= 0.3 is 0 Å². The Morgan fingerprint density at radius 1 is 0.667 bits per heavy atom. The molecule has 0 spiro atoms. The predicted molar refractivity (Wildman–Crippen MR) is 123 cm³/mol. The summed E-state index contributed by atoms with van der Waals surface area (Å²) in [5.74, 6) is 0. The molecule has 2 heterocycles. The molecule has 3 N–H and O–H groups in total. The molecule has 2 fully saturated rings. The number of nitrogens with zero attached hydrogens (tertiary/aromatic N) is 3. The molecule has 10 nitrogen and oxygen atoms in total. The zero-order chi connectivity index (χ0) is 23.2. The first-order valence-corrected chi connectivity index (χ1v) is 13.6. The van der Waals surface area contributed by atoms with Crippen molar-refractivity contribution in [2.75, 3.05) is 52.4 Å². The number of sulfonamides is 2. The lowest BCUT2D eigenvalue weighted by Gasteiger charge is -2.27. The van der Waals surface area contributed by atoms with Crippen LogP contribution >= 0.6 is 0 Å². The first-order chi connectivity index (χ1) is 15.8. The molecule has 2 aromatic rings. The Kier molecular flexibility index (Phi) is 5.75. The Labute approximate surface area is 193 Å². The minimum absolute atomic E-state index is 0.128. The third-order valence-corrected chi connectivity index (χ3v) is 10.1. The van der Waals surface area contributed by atoms with Gasteiger partial charge in [-0.2, -0.15) is 8.61 Å². The van der Waals surface area contributed by atoms with Crippen LogP contribution in [0.2, 0.25) is 0 Å². The summed E-state index contributed by atoms with van der Waals surface area (Å²) >= 11 is 0. The summed E-state index contributed by atoms with van der Waals surface area (Å²) in [5.41, 5.74) is 2.47. The molecule has 0 amide bonds. The summed E-state index contributed by atoms with van der Waals surface area (Å²) in [5, 5.41) is 19.3. The fourth-order valence-corrected chi connectivity index (χ4v) is 7.48. The molecule has 5 rings (SSSR count). The maximum absolute atomic E-state index is 13.2. The van der Waals surface area contributed by atoms with Crippen molar-refractivity contribution in [2.24, 2.45) is 5.16 Å². The van der Waals surface area contributed by atoms with Crippen molar-refractivity contribution in [3.8, 4) is 11.1 Å². The monoisotopic (exact) mass is 491 g/mol. The van der Waals surface area contributed by atoms with Crippen LogP contribution in [0.5, 0.6) is 0 Å². The second-order valence-electron chi connectivity index (χ2n) is 8.17. The van der Waals surface area contributed by atoms with Gasteiger partial charge in [-0.1, -0.05) is 17.3 Å². The maximum Gasteiger partial charge on any atom is 0.243 e. The lowest BCUT2D eigenvalue weighted by Crippen LogP contribution is -2.46. The summed E-state index contributed by atoms with van der Waals surface area (Å²) < 4.78 is 55.6. The van der Waals surface area contributed by atoms with Gasteiger partial charge in [0.05, 0.1) is 9.79 Å². The molecule has 0 unspecified atom stereocenters. The van der Waals surface area contributed by atoms with Crippen molar-refractivity contribution >= 4 is 25.8 Å². The molecule has 0 saturated carbocycles. The van der Waals surface area contributed by atoms with Crippen LogP contribution in [0.4, 0.5) is 0 Å². The molecule has 3 aliphatic rings. The third kappa shape index (κ3) is 3.76.